The molecule has 1 aliphatic rings. The van der Waals surface area contributed by atoms with Crippen LogP contribution in [0.4, 0.5) is 0 Å². The van der Waals surface area contributed by atoms with E-state index >= 15 is 0 Å². The molecule has 0 aromatic carbocycles. The molecule has 0 spiro atoms. The van der Waals surface area contributed by atoms with Crippen LogP contribution in [0.5, 0.6) is 0 Å². The number of hydrogen-bond acceptors (Lipinski definition) is 4. The first-order chi connectivity index (χ1) is 8.71. The molecule has 0 aliphatic carbocycles. The molecule has 1 fully saturated rings. The van der Waals surface area contributed by atoms with Crippen LogP contribution in [0, 0.1) is 11.3 Å². The third kappa shape index (κ3) is 2.77. The highest BCUT2D eigenvalue weighted by atomic mass is 16.7. The highest BCUT2D eigenvalue weighted by molar-refractivity contribution is 5.90. The summed E-state index contributed by atoms with van der Waals surface area (Å²) in [6, 6.07) is 0. The van der Waals surface area contributed by atoms with Gasteiger partial charge in [-0.15, -0.1) is 0 Å². The first kappa shape index (κ1) is 16.0. The van der Waals surface area contributed by atoms with E-state index in [9.17, 15) is 9.59 Å². The molecule has 0 aromatic heterocycles. The van der Waals surface area contributed by atoms with Crippen LogP contribution < -0.4 is 0 Å². The zero-order chi connectivity index (χ0) is 14.8. The molecule has 2 atom stereocenters. The Hall–Kier alpha value is -1.06. The molecule has 1 heterocycles. The van der Waals surface area contributed by atoms with E-state index in [1.54, 1.807) is 0 Å². The minimum atomic E-state index is -1.06. The van der Waals surface area contributed by atoms with Crippen LogP contribution in [0.25, 0.3) is 0 Å². The van der Waals surface area contributed by atoms with E-state index in [0.29, 0.717) is 12.8 Å². The van der Waals surface area contributed by atoms with Crippen molar-refractivity contribution in [3.63, 3.8) is 0 Å². The van der Waals surface area contributed by atoms with E-state index in [4.69, 9.17) is 9.47 Å². The minimum absolute atomic E-state index is 0.141. The average Bonchev–Trinajstić information content (AvgIpc) is 2.34. The lowest BCUT2D eigenvalue weighted by atomic mass is 9.79. The van der Waals surface area contributed by atoms with Crippen molar-refractivity contribution in [3.05, 3.63) is 0 Å². The number of carbonyl (C=O) groups excluding carboxylic acids is 2. The van der Waals surface area contributed by atoms with Crippen LogP contribution in [0.15, 0.2) is 0 Å². The number of cyclic esters (lactones) is 1. The summed E-state index contributed by atoms with van der Waals surface area (Å²) < 4.78 is 10.8. The lowest BCUT2D eigenvalue weighted by Gasteiger charge is -2.48. The number of ether oxygens (including phenoxy) is 2. The van der Waals surface area contributed by atoms with E-state index in [2.05, 4.69) is 0 Å². The summed E-state index contributed by atoms with van der Waals surface area (Å²) in [4.78, 5) is 24.2. The first-order valence-electron chi connectivity index (χ1n) is 7.15. The fourth-order valence-electron chi connectivity index (χ4n) is 2.26. The molecule has 2 unspecified atom stereocenters. The lowest BCUT2D eigenvalue weighted by Crippen LogP contribution is -2.67. The molecule has 0 bridgehead atoms. The molecule has 110 valence electrons. The normalized spacial score (nSPS) is 26.9. The molecule has 1 aliphatic heterocycles. The molecule has 4 nitrogen and oxygen atoms in total. The van der Waals surface area contributed by atoms with Crippen LogP contribution in [-0.2, 0) is 19.1 Å². The first-order valence-corrected chi connectivity index (χ1v) is 7.15. The Morgan fingerprint density at radius 1 is 1.42 bits per heavy atom. The molecular weight excluding hydrogens is 244 g/mol. The Balaban J connectivity index is 2.95. The Morgan fingerprint density at radius 2 is 2.00 bits per heavy atom. The van der Waals surface area contributed by atoms with Gasteiger partial charge < -0.3 is 9.47 Å². The van der Waals surface area contributed by atoms with Gasteiger partial charge in [0.25, 0.3) is 0 Å². The molecular formula is C15H26O4. The van der Waals surface area contributed by atoms with Crippen molar-refractivity contribution in [2.75, 3.05) is 0 Å². The van der Waals surface area contributed by atoms with Gasteiger partial charge in [0.05, 0.1) is 5.41 Å². The molecule has 0 aromatic rings. The van der Waals surface area contributed by atoms with Crippen molar-refractivity contribution >= 4 is 11.9 Å². The quantitative estimate of drug-likeness (QED) is 0.696. The van der Waals surface area contributed by atoms with Crippen LogP contribution in [0.2, 0.25) is 0 Å². The maximum absolute atomic E-state index is 12.3. The molecule has 4 heteroatoms. The average molecular weight is 270 g/mol. The van der Waals surface area contributed by atoms with Crippen LogP contribution in [0.3, 0.4) is 0 Å². The van der Waals surface area contributed by atoms with Crippen molar-refractivity contribution in [2.45, 2.75) is 72.5 Å². The van der Waals surface area contributed by atoms with E-state index in [1.807, 2.05) is 41.5 Å². The van der Waals surface area contributed by atoms with Crippen molar-refractivity contribution < 1.29 is 19.1 Å². The van der Waals surface area contributed by atoms with Crippen molar-refractivity contribution in [1.82, 2.24) is 0 Å². The summed E-state index contributed by atoms with van der Waals surface area (Å²) in [6.45, 7) is 11.5. The minimum Gasteiger partial charge on any atom is -0.454 e. The highest BCUT2D eigenvalue weighted by Gasteiger charge is 2.62. The number of esters is 2. The number of hydrogen-bond donors (Lipinski definition) is 0. The molecule has 0 radical (unpaired) electrons. The van der Waals surface area contributed by atoms with E-state index in [-0.39, 0.29) is 18.0 Å². The molecule has 1 saturated heterocycles. The van der Waals surface area contributed by atoms with Gasteiger partial charge in [-0.1, -0.05) is 34.1 Å². The fraction of sp³-hybridized carbons (Fsp3) is 0.867. The summed E-state index contributed by atoms with van der Waals surface area (Å²) in [5.41, 5.74) is -1.63. The number of carbonyl (C=O) groups is 2. The van der Waals surface area contributed by atoms with Crippen LogP contribution in [0.1, 0.15) is 60.8 Å². The van der Waals surface area contributed by atoms with Gasteiger partial charge in [-0.2, -0.15) is 0 Å². The van der Waals surface area contributed by atoms with Gasteiger partial charge in [0.1, 0.15) is 0 Å². The van der Waals surface area contributed by atoms with Gasteiger partial charge >= 0.3 is 11.9 Å². The zero-order valence-electron chi connectivity index (χ0n) is 12.9. The maximum atomic E-state index is 12.3. The molecule has 19 heavy (non-hydrogen) atoms. The van der Waals surface area contributed by atoms with E-state index in [0.717, 1.165) is 6.42 Å². The summed E-state index contributed by atoms with van der Waals surface area (Å²) in [7, 11) is 0. The maximum Gasteiger partial charge on any atom is 0.355 e. The Labute approximate surface area is 115 Å². The highest BCUT2D eigenvalue weighted by Crippen LogP contribution is 2.41. The van der Waals surface area contributed by atoms with Crippen molar-refractivity contribution in [1.29, 1.82) is 0 Å². The van der Waals surface area contributed by atoms with Crippen LogP contribution in [-0.4, -0.2) is 23.6 Å². The van der Waals surface area contributed by atoms with Gasteiger partial charge in [0, 0.05) is 6.42 Å². The largest absolute Gasteiger partial charge is 0.454 e. The fourth-order valence-corrected chi connectivity index (χ4v) is 2.26. The third-order valence-electron chi connectivity index (χ3n) is 3.98. The SMILES string of the molecule is CCCC1(OC(=O)C(C)(C)CC)C(=O)OC1C(C)C. The van der Waals surface area contributed by atoms with Crippen LogP contribution >= 0.6 is 0 Å². The summed E-state index contributed by atoms with van der Waals surface area (Å²) in [5.74, 6) is -0.569. The van der Waals surface area contributed by atoms with Gasteiger partial charge in [-0.05, 0) is 26.2 Å². The standard InChI is InChI=1S/C15H26O4/c1-7-9-15(11(10(3)4)18-13(15)17)19-12(16)14(5,6)8-2/h10-11H,7-9H2,1-6H3. The molecule has 1 rings (SSSR count). The second-order valence-electron chi connectivity index (χ2n) is 6.34. The smallest absolute Gasteiger partial charge is 0.355 e. The Bertz CT molecular complexity index is 359. The lowest BCUT2D eigenvalue weighted by molar-refractivity contribution is -0.252. The second-order valence-corrected chi connectivity index (χ2v) is 6.34. The number of rotatable bonds is 6. The molecule has 0 saturated carbocycles. The van der Waals surface area contributed by atoms with E-state index < -0.39 is 17.0 Å². The predicted octanol–water partition coefficient (Wildman–Crippen LogP) is 3.09. The second kappa shape index (κ2) is 5.51. The van der Waals surface area contributed by atoms with Crippen molar-refractivity contribution in [3.8, 4) is 0 Å². The van der Waals surface area contributed by atoms with Gasteiger partial charge in [-0.3, -0.25) is 4.79 Å². The van der Waals surface area contributed by atoms with E-state index in [1.165, 1.54) is 0 Å². The Kier molecular flexibility index (Phi) is 4.64. The zero-order valence-corrected chi connectivity index (χ0v) is 12.9. The Morgan fingerprint density at radius 3 is 2.37 bits per heavy atom. The monoisotopic (exact) mass is 270 g/mol. The summed E-state index contributed by atoms with van der Waals surface area (Å²) in [5, 5.41) is 0. The molecule has 0 N–H and O–H groups in total. The van der Waals surface area contributed by atoms with Crippen molar-refractivity contribution in [2.24, 2.45) is 11.3 Å². The topological polar surface area (TPSA) is 52.6 Å². The summed E-state index contributed by atoms with van der Waals surface area (Å²) in [6.07, 6.45) is 1.66. The van der Waals surface area contributed by atoms with Gasteiger partial charge in [0.15, 0.2) is 6.10 Å². The predicted molar refractivity (Wildman–Crippen MR) is 72.5 cm³/mol. The third-order valence-corrected chi connectivity index (χ3v) is 3.98. The summed E-state index contributed by atoms with van der Waals surface area (Å²) >= 11 is 0. The van der Waals surface area contributed by atoms with Gasteiger partial charge in [0.2, 0.25) is 5.60 Å². The van der Waals surface area contributed by atoms with Gasteiger partial charge in [-0.25, -0.2) is 4.79 Å². The molecule has 0 amide bonds.